The van der Waals surface area contributed by atoms with Crippen LogP contribution in [0.25, 0.3) is 0 Å². The summed E-state index contributed by atoms with van der Waals surface area (Å²) in [6.07, 6.45) is 0. The molecule has 0 radical (unpaired) electrons. The molecule has 1 N–H and O–H groups in total. The van der Waals surface area contributed by atoms with Crippen LogP contribution in [-0.2, 0) is 6.54 Å². The predicted molar refractivity (Wildman–Crippen MR) is 82.9 cm³/mol. The molecule has 0 heterocycles. The number of carbonyl (C=O) groups excluding carboxylic acids is 1. The highest BCUT2D eigenvalue weighted by molar-refractivity contribution is 6.05. The molecular formula is C17H19FN2O. The molecular weight excluding hydrogens is 267 g/mol. The van der Waals surface area contributed by atoms with E-state index in [-0.39, 0.29) is 11.7 Å². The highest BCUT2D eigenvalue weighted by Gasteiger charge is 2.10. The quantitative estimate of drug-likeness (QED) is 0.933. The molecule has 0 bridgehead atoms. The van der Waals surface area contributed by atoms with Gasteiger partial charge in [0.1, 0.15) is 5.82 Å². The van der Waals surface area contributed by atoms with Gasteiger partial charge in [-0.25, -0.2) is 4.39 Å². The van der Waals surface area contributed by atoms with E-state index in [4.69, 9.17) is 0 Å². The first kappa shape index (κ1) is 15.2. The Morgan fingerprint density at radius 1 is 1.19 bits per heavy atom. The lowest BCUT2D eigenvalue weighted by Crippen LogP contribution is -2.14. The summed E-state index contributed by atoms with van der Waals surface area (Å²) < 4.78 is 13.1. The molecule has 0 atom stereocenters. The Kier molecular flexibility index (Phi) is 4.70. The third kappa shape index (κ3) is 4.13. The second-order valence-electron chi connectivity index (χ2n) is 5.35. The summed E-state index contributed by atoms with van der Waals surface area (Å²) in [5.41, 5.74) is 2.96. The summed E-state index contributed by atoms with van der Waals surface area (Å²) >= 11 is 0. The highest BCUT2D eigenvalue weighted by Crippen LogP contribution is 2.15. The minimum atomic E-state index is -0.336. The van der Waals surface area contributed by atoms with Crippen molar-refractivity contribution in [1.29, 1.82) is 0 Å². The van der Waals surface area contributed by atoms with Gasteiger partial charge >= 0.3 is 0 Å². The molecule has 0 saturated carbocycles. The molecule has 2 aromatic rings. The number of rotatable bonds is 4. The summed E-state index contributed by atoms with van der Waals surface area (Å²) in [5.74, 6) is -0.563. The zero-order chi connectivity index (χ0) is 15.4. The Morgan fingerprint density at radius 3 is 2.62 bits per heavy atom. The highest BCUT2D eigenvalue weighted by atomic mass is 19.1. The maximum absolute atomic E-state index is 13.1. The van der Waals surface area contributed by atoms with Crippen molar-refractivity contribution in [1.82, 2.24) is 4.90 Å². The van der Waals surface area contributed by atoms with Crippen LogP contribution in [0.5, 0.6) is 0 Å². The predicted octanol–water partition coefficient (Wildman–Crippen LogP) is 3.45. The zero-order valence-electron chi connectivity index (χ0n) is 12.5. The first-order valence-corrected chi connectivity index (χ1v) is 6.77. The number of carbonyl (C=O) groups is 1. The van der Waals surface area contributed by atoms with Crippen molar-refractivity contribution in [2.45, 2.75) is 13.5 Å². The van der Waals surface area contributed by atoms with Crippen molar-refractivity contribution >= 4 is 11.6 Å². The topological polar surface area (TPSA) is 32.3 Å². The van der Waals surface area contributed by atoms with Crippen molar-refractivity contribution in [2.75, 3.05) is 19.4 Å². The van der Waals surface area contributed by atoms with Gasteiger partial charge in [-0.3, -0.25) is 4.79 Å². The lowest BCUT2D eigenvalue weighted by Gasteiger charge is -2.12. The first-order valence-electron chi connectivity index (χ1n) is 6.77. The average Bonchev–Trinajstić information content (AvgIpc) is 2.37. The molecule has 21 heavy (non-hydrogen) atoms. The van der Waals surface area contributed by atoms with Crippen LogP contribution in [0.3, 0.4) is 0 Å². The minimum Gasteiger partial charge on any atom is -0.322 e. The van der Waals surface area contributed by atoms with Crippen LogP contribution in [-0.4, -0.2) is 24.9 Å². The molecule has 3 nitrogen and oxygen atoms in total. The average molecular weight is 286 g/mol. The second kappa shape index (κ2) is 6.50. The number of benzene rings is 2. The number of hydrogen-bond acceptors (Lipinski definition) is 2. The second-order valence-corrected chi connectivity index (χ2v) is 5.35. The van der Waals surface area contributed by atoms with E-state index in [9.17, 15) is 9.18 Å². The van der Waals surface area contributed by atoms with E-state index in [0.717, 1.165) is 17.8 Å². The summed E-state index contributed by atoms with van der Waals surface area (Å²) in [5, 5.41) is 2.85. The van der Waals surface area contributed by atoms with Crippen LogP contribution >= 0.6 is 0 Å². The Labute approximate surface area is 124 Å². The zero-order valence-corrected chi connectivity index (χ0v) is 12.5. The van der Waals surface area contributed by atoms with Gasteiger partial charge < -0.3 is 10.2 Å². The van der Waals surface area contributed by atoms with Crippen LogP contribution in [0.1, 0.15) is 21.5 Å². The fourth-order valence-electron chi connectivity index (χ4n) is 2.19. The van der Waals surface area contributed by atoms with Crippen LogP contribution in [0.15, 0.2) is 42.5 Å². The van der Waals surface area contributed by atoms with E-state index < -0.39 is 0 Å². The fraction of sp³-hybridized carbons (Fsp3) is 0.235. The van der Waals surface area contributed by atoms with E-state index >= 15 is 0 Å². The van der Waals surface area contributed by atoms with Crippen molar-refractivity contribution < 1.29 is 9.18 Å². The molecule has 0 aromatic heterocycles. The number of nitrogens with zero attached hydrogens (tertiary/aromatic N) is 1. The number of halogens is 1. The maximum Gasteiger partial charge on any atom is 0.255 e. The standard InChI is InChI=1S/C17H19FN2O/c1-12-9-14(18)7-8-16(12)17(21)19-15-6-4-5-13(10-15)11-20(2)3/h4-10H,11H2,1-3H3,(H,19,21). The molecule has 2 aromatic carbocycles. The van der Waals surface area contributed by atoms with Gasteiger partial charge in [0.05, 0.1) is 0 Å². The molecule has 2 rings (SSSR count). The van der Waals surface area contributed by atoms with Crippen molar-refractivity contribution in [2.24, 2.45) is 0 Å². The van der Waals surface area contributed by atoms with Gasteiger partial charge in [0, 0.05) is 17.8 Å². The van der Waals surface area contributed by atoms with Gasteiger partial charge in [0.15, 0.2) is 0 Å². The molecule has 110 valence electrons. The normalized spacial score (nSPS) is 10.7. The van der Waals surface area contributed by atoms with E-state index in [1.807, 2.05) is 38.4 Å². The number of aryl methyl sites for hydroxylation is 1. The number of anilines is 1. The fourth-order valence-corrected chi connectivity index (χ4v) is 2.19. The monoisotopic (exact) mass is 286 g/mol. The first-order chi connectivity index (χ1) is 9.95. The van der Waals surface area contributed by atoms with Gasteiger partial charge in [0.2, 0.25) is 0 Å². The third-order valence-electron chi connectivity index (χ3n) is 3.12. The molecule has 1 amide bonds. The molecule has 0 saturated heterocycles. The van der Waals surface area contributed by atoms with Crippen molar-refractivity contribution in [3.63, 3.8) is 0 Å². The lowest BCUT2D eigenvalue weighted by atomic mass is 10.1. The molecule has 0 aliphatic heterocycles. The van der Waals surface area contributed by atoms with Gasteiger partial charge in [-0.15, -0.1) is 0 Å². The Morgan fingerprint density at radius 2 is 1.95 bits per heavy atom. The van der Waals surface area contributed by atoms with Crippen LogP contribution < -0.4 is 5.32 Å². The van der Waals surface area contributed by atoms with Gasteiger partial charge in [-0.1, -0.05) is 12.1 Å². The molecule has 0 spiro atoms. The van der Waals surface area contributed by atoms with Crippen LogP contribution in [0, 0.1) is 12.7 Å². The summed E-state index contributed by atoms with van der Waals surface area (Å²) in [6, 6.07) is 11.9. The number of amides is 1. The van der Waals surface area contributed by atoms with E-state index in [1.165, 1.54) is 18.2 Å². The number of hydrogen-bond donors (Lipinski definition) is 1. The van der Waals surface area contributed by atoms with Crippen molar-refractivity contribution in [3.05, 3.63) is 65.0 Å². The van der Waals surface area contributed by atoms with E-state index in [2.05, 4.69) is 10.2 Å². The largest absolute Gasteiger partial charge is 0.322 e. The Balaban J connectivity index is 2.15. The molecule has 0 fully saturated rings. The van der Waals surface area contributed by atoms with E-state index in [1.54, 1.807) is 6.92 Å². The Hall–Kier alpha value is -2.20. The maximum atomic E-state index is 13.1. The lowest BCUT2D eigenvalue weighted by molar-refractivity contribution is 0.102. The molecule has 0 aliphatic rings. The summed E-state index contributed by atoms with van der Waals surface area (Å²) in [6.45, 7) is 2.53. The SMILES string of the molecule is Cc1cc(F)ccc1C(=O)Nc1cccc(CN(C)C)c1. The van der Waals surface area contributed by atoms with Crippen molar-refractivity contribution in [3.8, 4) is 0 Å². The van der Waals surface area contributed by atoms with Crippen LogP contribution in [0.2, 0.25) is 0 Å². The molecule has 0 unspecified atom stereocenters. The van der Waals surface area contributed by atoms with E-state index in [0.29, 0.717) is 11.1 Å². The van der Waals surface area contributed by atoms with Crippen LogP contribution in [0.4, 0.5) is 10.1 Å². The smallest absolute Gasteiger partial charge is 0.255 e. The minimum absolute atomic E-state index is 0.227. The Bertz CT molecular complexity index is 653. The summed E-state index contributed by atoms with van der Waals surface area (Å²) in [7, 11) is 3.99. The van der Waals surface area contributed by atoms with Gasteiger partial charge in [-0.2, -0.15) is 0 Å². The number of nitrogens with one attached hydrogen (secondary N) is 1. The molecule has 4 heteroatoms. The van der Waals surface area contributed by atoms with Gasteiger partial charge in [-0.05, 0) is 62.5 Å². The summed E-state index contributed by atoms with van der Waals surface area (Å²) in [4.78, 5) is 14.3. The van der Waals surface area contributed by atoms with Gasteiger partial charge in [0.25, 0.3) is 5.91 Å². The third-order valence-corrected chi connectivity index (χ3v) is 3.12. The molecule has 0 aliphatic carbocycles.